The van der Waals surface area contributed by atoms with Gasteiger partial charge in [0.1, 0.15) is 5.69 Å². The van der Waals surface area contributed by atoms with E-state index in [-0.39, 0.29) is 17.7 Å². The number of aromatic nitrogens is 2. The number of amides is 1. The quantitative estimate of drug-likeness (QED) is 0.815. The van der Waals surface area contributed by atoms with Gasteiger partial charge in [0.15, 0.2) is 5.78 Å². The number of hydrogen-bond acceptors (Lipinski definition) is 4. The van der Waals surface area contributed by atoms with Gasteiger partial charge in [-0.2, -0.15) is 0 Å². The molecule has 1 fully saturated rings. The number of carbonyl (C=O) groups is 2. The highest BCUT2D eigenvalue weighted by molar-refractivity contribution is 5.97. The minimum atomic E-state index is -0.138. The van der Waals surface area contributed by atoms with Gasteiger partial charge < -0.3 is 4.90 Å². The summed E-state index contributed by atoms with van der Waals surface area (Å²) in [6.07, 6.45) is 5.22. The van der Waals surface area contributed by atoms with Crippen LogP contribution in [0.25, 0.3) is 0 Å². The molecule has 118 valence electrons. The first-order chi connectivity index (χ1) is 11.1. The summed E-state index contributed by atoms with van der Waals surface area (Å²) in [5, 5.41) is 0. The third kappa shape index (κ3) is 3.44. The molecule has 1 saturated heterocycles. The van der Waals surface area contributed by atoms with Crippen LogP contribution in [-0.2, 0) is 0 Å². The fraction of sp³-hybridized carbons (Fsp3) is 0.333. The van der Waals surface area contributed by atoms with E-state index in [1.807, 2.05) is 37.3 Å². The van der Waals surface area contributed by atoms with Crippen LogP contribution in [0.15, 0.2) is 42.7 Å². The highest BCUT2D eigenvalue weighted by Gasteiger charge is 2.31. The summed E-state index contributed by atoms with van der Waals surface area (Å²) in [6.45, 7) is 2.50. The Labute approximate surface area is 135 Å². The van der Waals surface area contributed by atoms with E-state index in [0.29, 0.717) is 24.2 Å². The maximum Gasteiger partial charge on any atom is 0.274 e. The van der Waals surface area contributed by atoms with Crippen LogP contribution in [0, 0.1) is 6.92 Å². The third-order valence-corrected chi connectivity index (χ3v) is 4.15. The zero-order chi connectivity index (χ0) is 16.2. The van der Waals surface area contributed by atoms with Gasteiger partial charge in [-0.05, 0) is 19.8 Å². The van der Waals surface area contributed by atoms with Crippen molar-refractivity contribution >= 4 is 11.7 Å². The van der Waals surface area contributed by atoms with Gasteiger partial charge in [-0.25, -0.2) is 4.98 Å². The number of ketones is 1. The van der Waals surface area contributed by atoms with E-state index in [4.69, 9.17) is 0 Å². The Morgan fingerprint density at radius 3 is 2.65 bits per heavy atom. The normalized spacial score (nSPS) is 17.3. The molecule has 2 aromatic rings. The summed E-state index contributed by atoms with van der Waals surface area (Å²) in [5.41, 5.74) is 1.82. The number of likely N-dealkylation sites (tertiary alicyclic amines) is 1. The second kappa shape index (κ2) is 6.69. The molecule has 1 unspecified atom stereocenters. The van der Waals surface area contributed by atoms with E-state index in [2.05, 4.69) is 9.97 Å². The second-order valence-corrected chi connectivity index (χ2v) is 5.83. The SMILES string of the molecule is Cc1cnc(C(=O)N2CCCC2CC(=O)c2ccccc2)cn1. The summed E-state index contributed by atoms with van der Waals surface area (Å²) in [7, 11) is 0. The molecular formula is C18H19N3O2. The van der Waals surface area contributed by atoms with Crippen molar-refractivity contribution in [3.8, 4) is 0 Å². The van der Waals surface area contributed by atoms with E-state index in [1.165, 1.54) is 6.20 Å². The third-order valence-electron chi connectivity index (χ3n) is 4.15. The summed E-state index contributed by atoms with van der Waals surface area (Å²) < 4.78 is 0. The molecule has 5 heteroatoms. The van der Waals surface area contributed by atoms with Crippen LogP contribution >= 0.6 is 0 Å². The predicted octanol–water partition coefficient (Wildman–Crippen LogP) is 2.66. The number of hydrogen-bond donors (Lipinski definition) is 0. The lowest BCUT2D eigenvalue weighted by atomic mass is 10.0. The number of benzene rings is 1. The Morgan fingerprint density at radius 2 is 1.96 bits per heavy atom. The molecule has 0 saturated carbocycles. The van der Waals surface area contributed by atoms with Crippen molar-refractivity contribution in [2.45, 2.75) is 32.2 Å². The Morgan fingerprint density at radius 1 is 1.17 bits per heavy atom. The van der Waals surface area contributed by atoms with Crippen molar-refractivity contribution in [1.29, 1.82) is 0 Å². The molecule has 2 heterocycles. The van der Waals surface area contributed by atoms with E-state index in [0.717, 1.165) is 18.5 Å². The first-order valence-corrected chi connectivity index (χ1v) is 7.83. The van der Waals surface area contributed by atoms with Gasteiger partial charge in [0.25, 0.3) is 5.91 Å². The zero-order valence-electron chi connectivity index (χ0n) is 13.1. The summed E-state index contributed by atoms with van der Waals surface area (Å²) in [5.74, 6) is -0.0637. The first-order valence-electron chi connectivity index (χ1n) is 7.83. The van der Waals surface area contributed by atoms with Gasteiger partial charge in [0.05, 0.1) is 11.9 Å². The molecule has 0 bridgehead atoms. The Kier molecular flexibility index (Phi) is 4.46. The van der Waals surface area contributed by atoms with E-state index in [9.17, 15) is 9.59 Å². The fourth-order valence-electron chi connectivity index (χ4n) is 2.92. The lowest BCUT2D eigenvalue weighted by molar-refractivity contribution is 0.0711. The molecule has 1 amide bonds. The van der Waals surface area contributed by atoms with Crippen molar-refractivity contribution in [3.63, 3.8) is 0 Å². The van der Waals surface area contributed by atoms with Crippen molar-refractivity contribution in [2.75, 3.05) is 6.54 Å². The average Bonchev–Trinajstić information content (AvgIpc) is 3.04. The summed E-state index contributed by atoms with van der Waals surface area (Å²) in [6, 6.07) is 9.17. The molecule has 0 radical (unpaired) electrons. The Bertz CT molecular complexity index is 698. The monoisotopic (exact) mass is 309 g/mol. The fourth-order valence-corrected chi connectivity index (χ4v) is 2.92. The van der Waals surface area contributed by atoms with Crippen molar-refractivity contribution in [1.82, 2.24) is 14.9 Å². The lowest BCUT2D eigenvalue weighted by Crippen LogP contribution is -2.37. The van der Waals surface area contributed by atoms with Gasteiger partial charge in [-0.1, -0.05) is 30.3 Å². The molecule has 5 nitrogen and oxygen atoms in total. The van der Waals surface area contributed by atoms with E-state index >= 15 is 0 Å². The van der Waals surface area contributed by atoms with Gasteiger partial charge in [0, 0.05) is 30.8 Å². The maximum atomic E-state index is 12.6. The Hall–Kier alpha value is -2.56. The molecule has 0 spiro atoms. The number of aryl methyl sites for hydroxylation is 1. The molecule has 23 heavy (non-hydrogen) atoms. The lowest BCUT2D eigenvalue weighted by Gasteiger charge is -2.23. The molecule has 1 aliphatic heterocycles. The zero-order valence-corrected chi connectivity index (χ0v) is 13.1. The largest absolute Gasteiger partial charge is 0.334 e. The molecule has 1 aromatic carbocycles. The van der Waals surface area contributed by atoms with Crippen molar-refractivity contribution in [2.24, 2.45) is 0 Å². The van der Waals surface area contributed by atoms with Gasteiger partial charge >= 0.3 is 0 Å². The van der Waals surface area contributed by atoms with Crippen LogP contribution in [0.1, 0.15) is 45.8 Å². The highest BCUT2D eigenvalue weighted by atomic mass is 16.2. The standard InChI is InChI=1S/C18H19N3O2/c1-13-11-20-16(12-19-13)18(23)21-9-5-8-15(21)10-17(22)14-6-3-2-4-7-14/h2-4,6-7,11-12,15H,5,8-10H2,1H3. The van der Waals surface area contributed by atoms with Crippen LogP contribution in [0.5, 0.6) is 0 Å². The van der Waals surface area contributed by atoms with Gasteiger partial charge in [0.2, 0.25) is 0 Å². The van der Waals surface area contributed by atoms with Crippen molar-refractivity contribution in [3.05, 3.63) is 59.7 Å². The molecule has 1 aromatic heterocycles. The smallest absolute Gasteiger partial charge is 0.274 e. The predicted molar refractivity (Wildman–Crippen MR) is 86.2 cm³/mol. The molecule has 1 atom stereocenters. The average molecular weight is 309 g/mol. The van der Waals surface area contributed by atoms with Crippen LogP contribution in [0.2, 0.25) is 0 Å². The summed E-state index contributed by atoms with van der Waals surface area (Å²) >= 11 is 0. The molecule has 0 N–H and O–H groups in total. The van der Waals surface area contributed by atoms with Crippen LogP contribution < -0.4 is 0 Å². The number of Topliss-reactive ketones (excluding diaryl/α,β-unsaturated/α-hetero) is 1. The minimum absolute atomic E-state index is 0.0571. The number of carbonyl (C=O) groups excluding carboxylic acids is 2. The number of rotatable bonds is 4. The van der Waals surface area contributed by atoms with Crippen LogP contribution in [0.3, 0.4) is 0 Å². The van der Waals surface area contributed by atoms with E-state index in [1.54, 1.807) is 11.1 Å². The summed E-state index contributed by atoms with van der Waals surface area (Å²) in [4.78, 5) is 35.0. The Balaban J connectivity index is 1.71. The highest BCUT2D eigenvalue weighted by Crippen LogP contribution is 2.23. The molecule has 0 aliphatic carbocycles. The molecule has 3 rings (SSSR count). The molecule has 1 aliphatic rings. The topological polar surface area (TPSA) is 63.2 Å². The van der Waals surface area contributed by atoms with Gasteiger partial charge in [-0.3, -0.25) is 14.6 Å². The van der Waals surface area contributed by atoms with Crippen LogP contribution in [-0.4, -0.2) is 39.1 Å². The first kappa shape index (κ1) is 15.3. The van der Waals surface area contributed by atoms with Gasteiger partial charge in [-0.15, -0.1) is 0 Å². The van der Waals surface area contributed by atoms with Crippen LogP contribution in [0.4, 0.5) is 0 Å². The van der Waals surface area contributed by atoms with Crippen molar-refractivity contribution < 1.29 is 9.59 Å². The molecular weight excluding hydrogens is 290 g/mol. The second-order valence-electron chi connectivity index (χ2n) is 5.83. The number of nitrogens with zero attached hydrogens (tertiary/aromatic N) is 3. The minimum Gasteiger partial charge on any atom is -0.334 e. The van der Waals surface area contributed by atoms with E-state index < -0.39 is 0 Å². The maximum absolute atomic E-state index is 12.6.